The minimum absolute atomic E-state index is 0.0184. The summed E-state index contributed by atoms with van der Waals surface area (Å²) in [5.41, 5.74) is -0.747. The third kappa shape index (κ3) is 3.47. The van der Waals surface area contributed by atoms with Crippen molar-refractivity contribution >= 4 is 18.0 Å². The molecule has 4 rings (SSSR count). The van der Waals surface area contributed by atoms with Crippen LogP contribution < -0.4 is 5.32 Å². The van der Waals surface area contributed by atoms with Crippen molar-refractivity contribution in [3.8, 4) is 0 Å². The number of aliphatic carboxylic acids is 1. The van der Waals surface area contributed by atoms with Crippen molar-refractivity contribution in [1.29, 1.82) is 0 Å². The highest BCUT2D eigenvalue weighted by molar-refractivity contribution is 6.28. The van der Waals surface area contributed by atoms with Gasteiger partial charge in [0, 0.05) is 23.9 Å². The van der Waals surface area contributed by atoms with Crippen LogP contribution >= 0.6 is 0 Å². The number of carboxylic acid groups (broad SMARTS) is 1. The minimum atomic E-state index is -1.60. The van der Waals surface area contributed by atoms with Crippen molar-refractivity contribution < 1.29 is 29.0 Å². The Morgan fingerprint density at radius 3 is 2.31 bits per heavy atom. The average molecular weight is 408 g/mol. The average Bonchev–Trinajstić information content (AvgIpc) is 2.47. The van der Waals surface area contributed by atoms with Gasteiger partial charge < -0.3 is 14.6 Å². The molecular weight excluding hydrogens is 380 g/mol. The zero-order valence-corrected chi connectivity index (χ0v) is 17.0. The standard InChI is InChI=1S/C19H28N4O6/c1-17(2,3)29-16(27)23-10-19(7-11(8-19)28-13(26)12(24)25)15(23)22-21-14-18(9-20-14)5-4-6-18/h11,14-15,20H,4-10H2,1-3H3,(H,24,25). The highest BCUT2D eigenvalue weighted by Crippen LogP contribution is 2.56. The van der Waals surface area contributed by atoms with Crippen molar-refractivity contribution in [2.24, 2.45) is 21.1 Å². The quantitative estimate of drug-likeness (QED) is 0.414. The van der Waals surface area contributed by atoms with E-state index in [1.54, 1.807) is 25.7 Å². The summed E-state index contributed by atoms with van der Waals surface area (Å²) in [7, 11) is 0. The van der Waals surface area contributed by atoms with Crippen LogP contribution in [0.15, 0.2) is 10.2 Å². The van der Waals surface area contributed by atoms with Gasteiger partial charge in [-0.2, -0.15) is 10.2 Å². The van der Waals surface area contributed by atoms with E-state index in [0.717, 1.165) is 19.4 Å². The maximum absolute atomic E-state index is 12.6. The summed E-state index contributed by atoms with van der Waals surface area (Å²) in [4.78, 5) is 36.1. The van der Waals surface area contributed by atoms with Crippen LogP contribution in [0, 0.1) is 10.8 Å². The smallest absolute Gasteiger partial charge is 0.417 e. The minimum Gasteiger partial charge on any atom is -0.473 e. The second-order valence-corrected chi connectivity index (χ2v) is 9.82. The van der Waals surface area contributed by atoms with Crippen molar-refractivity contribution in [1.82, 2.24) is 10.2 Å². The van der Waals surface area contributed by atoms with Gasteiger partial charge in [-0.05, 0) is 46.5 Å². The number of esters is 1. The van der Waals surface area contributed by atoms with Crippen molar-refractivity contribution in [2.45, 2.75) is 76.9 Å². The Balaban J connectivity index is 1.42. The SMILES string of the molecule is CC(C)(C)OC(=O)N1CC2(CC(OC(=O)C(=O)O)C2)C1N=NC1NCC12CCC2. The molecular formula is C19H28N4O6. The first kappa shape index (κ1) is 20.1. The van der Waals surface area contributed by atoms with E-state index in [1.807, 2.05) is 0 Å². The van der Waals surface area contributed by atoms with Gasteiger partial charge in [0.2, 0.25) is 0 Å². The number of nitrogens with zero attached hydrogens (tertiary/aromatic N) is 3. The Labute approximate surface area is 169 Å². The van der Waals surface area contributed by atoms with Crippen molar-refractivity contribution in [3.05, 3.63) is 0 Å². The third-order valence-electron chi connectivity index (χ3n) is 6.54. The molecule has 0 aromatic heterocycles. The monoisotopic (exact) mass is 408 g/mol. The largest absolute Gasteiger partial charge is 0.473 e. The molecule has 2 aliphatic carbocycles. The molecule has 2 unspecified atom stereocenters. The number of rotatable bonds is 3. The van der Waals surface area contributed by atoms with Gasteiger partial charge in [-0.15, -0.1) is 0 Å². The molecule has 2 saturated carbocycles. The fraction of sp³-hybridized carbons (Fsp3) is 0.842. The van der Waals surface area contributed by atoms with Crippen molar-refractivity contribution in [2.75, 3.05) is 13.1 Å². The molecule has 2 spiro atoms. The lowest BCUT2D eigenvalue weighted by molar-refractivity contribution is -0.196. The first-order valence-electron chi connectivity index (χ1n) is 10.1. The predicted molar refractivity (Wildman–Crippen MR) is 98.8 cm³/mol. The summed E-state index contributed by atoms with van der Waals surface area (Å²) >= 11 is 0. The molecule has 2 atom stereocenters. The Bertz CT molecular complexity index is 745. The number of carboxylic acids is 1. The molecule has 160 valence electrons. The number of carbonyl (C=O) groups excluding carboxylic acids is 2. The molecule has 4 aliphatic rings. The maximum atomic E-state index is 12.6. The number of azo groups is 1. The molecule has 0 aromatic rings. The lowest BCUT2D eigenvalue weighted by atomic mass is 9.59. The second-order valence-electron chi connectivity index (χ2n) is 9.82. The molecule has 2 aliphatic heterocycles. The predicted octanol–water partition coefficient (Wildman–Crippen LogP) is 1.89. The van der Waals surface area contributed by atoms with Gasteiger partial charge in [-0.3, -0.25) is 10.2 Å². The van der Waals surface area contributed by atoms with Gasteiger partial charge in [-0.1, -0.05) is 6.42 Å². The maximum Gasteiger partial charge on any atom is 0.417 e. The summed E-state index contributed by atoms with van der Waals surface area (Å²) in [6, 6.07) is 0. The highest BCUT2D eigenvalue weighted by Gasteiger charge is 2.64. The number of carbonyl (C=O) groups is 3. The van der Waals surface area contributed by atoms with Gasteiger partial charge >= 0.3 is 18.0 Å². The number of hydrogen-bond acceptors (Lipinski definition) is 8. The summed E-state index contributed by atoms with van der Waals surface area (Å²) in [6.07, 6.45) is 2.98. The van der Waals surface area contributed by atoms with E-state index in [9.17, 15) is 14.4 Å². The van der Waals surface area contributed by atoms with E-state index in [4.69, 9.17) is 14.6 Å². The van der Waals surface area contributed by atoms with Crippen LogP contribution in [0.5, 0.6) is 0 Å². The topological polar surface area (TPSA) is 130 Å². The molecule has 29 heavy (non-hydrogen) atoms. The van der Waals surface area contributed by atoms with Crippen LogP contribution in [0.1, 0.15) is 52.9 Å². The molecule has 10 nitrogen and oxygen atoms in total. The van der Waals surface area contributed by atoms with Gasteiger partial charge in [-0.25, -0.2) is 14.4 Å². The van der Waals surface area contributed by atoms with E-state index in [2.05, 4.69) is 15.5 Å². The van der Waals surface area contributed by atoms with E-state index in [-0.39, 0.29) is 17.0 Å². The van der Waals surface area contributed by atoms with Crippen LogP contribution in [-0.2, 0) is 19.1 Å². The second kappa shape index (κ2) is 6.65. The fourth-order valence-corrected chi connectivity index (χ4v) is 4.72. The van der Waals surface area contributed by atoms with E-state index >= 15 is 0 Å². The molecule has 2 heterocycles. The lowest BCUT2D eigenvalue weighted by Crippen LogP contribution is -2.72. The number of likely N-dealkylation sites (tertiary alicyclic amines) is 1. The van der Waals surface area contributed by atoms with Crippen LogP contribution in [-0.4, -0.2) is 65.2 Å². The molecule has 0 aromatic carbocycles. The first-order valence-corrected chi connectivity index (χ1v) is 10.1. The molecule has 4 fully saturated rings. The zero-order chi connectivity index (χ0) is 21.0. The van der Waals surface area contributed by atoms with E-state index in [0.29, 0.717) is 19.4 Å². The molecule has 2 saturated heterocycles. The number of nitrogens with one attached hydrogen (secondary N) is 1. The molecule has 0 bridgehead atoms. The molecule has 10 heteroatoms. The molecule has 1 amide bonds. The van der Waals surface area contributed by atoms with Crippen LogP contribution in [0.3, 0.4) is 0 Å². The number of hydrogen-bond donors (Lipinski definition) is 2. The normalized spacial score (nSPS) is 34.7. The van der Waals surface area contributed by atoms with Crippen LogP contribution in [0.4, 0.5) is 4.79 Å². The van der Waals surface area contributed by atoms with Gasteiger partial charge in [0.05, 0.1) is 0 Å². The van der Waals surface area contributed by atoms with E-state index < -0.39 is 35.9 Å². The highest BCUT2D eigenvalue weighted by atomic mass is 16.6. The zero-order valence-electron chi connectivity index (χ0n) is 17.0. The summed E-state index contributed by atoms with van der Waals surface area (Å²) in [5.74, 6) is -2.86. The van der Waals surface area contributed by atoms with Gasteiger partial charge in [0.1, 0.15) is 17.9 Å². The summed E-state index contributed by atoms with van der Waals surface area (Å²) in [6.45, 7) is 6.80. The Kier molecular flexibility index (Phi) is 4.60. The molecule has 2 N–H and O–H groups in total. The number of ether oxygens (including phenoxy) is 2. The summed E-state index contributed by atoms with van der Waals surface area (Å²) in [5, 5.41) is 21.0. The summed E-state index contributed by atoms with van der Waals surface area (Å²) < 4.78 is 10.4. The van der Waals surface area contributed by atoms with Gasteiger partial charge in [0.25, 0.3) is 0 Å². The van der Waals surface area contributed by atoms with Crippen molar-refractivity contribution in [3.63, 3.8) is 0 Å². The van der Waals surface area contributed by atoms with Gasteiger partial charge in [0.15, 0.2) is 6.17 Å². The Morgan fingerprint density at radius 1 is 1.14 bits per heavy atom. The molecule has 0 radical (unpaired) electrons. The number of amides is 1. The Hall–Kier alpha value is -2.23. The van der Waals surface area contributed by atoms with Crippen LogP contribution in [0.2, 0.25) is 0 Å². The first-order chi connectivity index (χ1) is 13.5. The Morgan fingerprint density at radius 2 is 1.83 bits per heavy atom. The fourth-order valence-electron chi connectivity index (χ4n) is 4.72. The van der Waals surface area contributed by atoms with E-state index in [1.165, 1.54) is 6.42 Å². The van der Waals surface area contributed by atoms with Crippen LogP contribution in [0.25, 0.3) is 0 Å². The lowest BCUT2D eigenvalue weighted by Gasteiger charge is -2.61. The third-order valence-corrected chi connectivity index (χ3v) is 6.54.